The zero-order chi connectivity index (χ0) is 11.5. The predicted octanol–water partition coefficient (Wildman–Crippen LogP) is 2.61. The fraction of sp³-hybridized carbons (Fsp3) is 0.214. The molecule has 1 N–H and O–H groups in total. The molecule has 16 heavy (non-hydrogen) atoms. The van der Waals surface area contributed by atoms with E-state index in [1.54, 1.807) is 0 Å². The van der Waals surface area contributed by atoms with Gasteiger partial charge in [0.1, 0.15) is 0 Å². The van der Waals surface area contributed by atoms with Crippen molar-refractivity contribution in [3.63, 3.8) is 0 Å². The molecule has 0 saturated heterocycles. The summed E-state index contributed by atoms with van der Waals surface area (Å²) in [5.74, 6) is 0. The summed E-state index contributed by atoms with van der Waals surface area (Å²) in [4.78, 5) is 4.44. The number of hydrogen-bond donors (Lipinski definition) is 1. The Labute approximate surface area is 96.4 Å². The topological polar surface area (TPSA) is 24.4 Å². The van der Waals surface area contributed by atoms with Gasteiger partial charge in [-0.15, -0.1) is 0 Å². The summed E-state index contributed by atoms with van der Waals surface area (Å²) in [5.41, 5.74) is 5.29. The molecule has 1 aromatic carbocycles. The van der Waals surface area contributed by atoms with Gasteiger partial charge in [0.25, 0.3) is 0 Å². The first-order chi connectivity index (χ1) is 7.65. The van der Waals surface area contributed by atoms with Crippen LogP contribution in [0.25, 0.3) is 0 Å². The summed E-state index contributed by atoms with van der Waals surface area (Å²) in [5, 5.41) is 3.19. The van der Waals surface area contributed by atoms with Gasteiger partial charge in [-0.3, -0.25) is 4.99 Å². The van der Waals surface area contributed by atoms with Gasteiger partial charge in [0, 0.05) is 12.1 Å². The molecule has 1 aliphatic rings. The Hall–Kier alpha value is -1.83. The molecule has 0 fully saturated rings. The van der Waals surface area contributed by atoms with E-state index in [1.807, 2.05) is 0 Å². The molecule has 0 amide bonds. The molecule has 0 unspecified atom stereocenters. The average molecular weight is 212 g/mol. The van der Waals surface area contributed by atoms with E-state index in [-0.39, 0.29) is 0 Å². The van der Waals surface area contributed by atoms with Gasteiger partial charge in [-0.05, 0) is 12.5 Å². The standard InChI is InChI=1S/C14H16N2/c1-10-4-6-13(7-5-10)8-14-12(3)15-9-11(2)16-14/h4-7,15H,2-3,8-9H2,1H3. The highest BCUT2D eigenvalue weighted by Crippen LogP contribution is 2.11. The maximum Gasteiger partial charge on any atom is 0.0676 e. The second-order valence-electron chi connectivity index (χ2n) is 4.12. The van der Waals surface area contributed by atoms with Gasteiger partial charge in [0.15, 0.2) is 0 Å². The highest BCUT2D eigenvalue weighted by atomic mass is 15.0. The van der Waals surface area contributed by atoms with E-state index in [9.17, 15) is 0 Å². The normalized spacial score (nSPS) is 15.7. The van der Waals surface area contributed by atoms with Gasteiger partial charge in [0.2, 0.25) is 0 Å². The average Bonchev–Trinajstić information content (AvgIpc) is 2.27. The van der Waals surface area contributed by atoms with Crippen molar-refractivity contribution in [3.05, 3.63) is 59.9 Å². The Balaban J connectivity index is 2.17. The second kappa shape index (κ2) is 4.35. The molecule has 82 valence electrons. The van der Waals surface area contributed by atoms with Crippen LogP contribution in [0, 0.1) is 6.92 Å². The number of nitrogens with zero attached hydrogens (tertiary/aromatic N) is 1. The highest BCUT2D eigenvalue weighted by Gasteiger charge is 2.11. The van der Waals surface area contributed by atoms with Crippen molar-refractivity contribution in [1.82, 2.24) is 5.32 Å². The van der Waals surface area contributed by atoms with E-state index in [4.69, 9.17) is 0 Å². The monoisotopic (exact) mass is 212 g/mol. The minimum absolute atomic E-state index is 0.705. The van der Waals surface area contributed by atoms with Gasteiger partial charge in [0.05, 0.1) is 18.0 Å². The third kappa shape index (κ3) is 2.40. The van der Waals surface area contributed by atoms with Crippen molar-refractivity contribution >= 4 is 5.71 Å². The Kier molecular flexibility index (Phi) is 2.91. The van der Waals surface area contributed by atoms with Crippen LogP contribution >= 0.6 is 0 Å². The molecule has 2 heteroatoms. The van der Waals surface area contributed by atoms with Crippen LogP contribution in [-0.4, -0.2) is 12.3 Å². The number of aliphatic imine (C=N–C) groups is 1. The molecule has 1 aromatic rings. The fourth-order valence-electron chi connectivity index (χ4n) is 1.65. The van der Waals surface area contributed by atoms with Crippen molar-refractivity contribution in [2.75, 3.05) is 6.54 Å². The molecule has 0 atom stereocenters. The van der Waals surface area contributed by atoms with Gasteiger partial charge in [-0.25, -0.2) is 0 Å². The molecule has 0 radical (unpaired) electrons. The highest BCUT2D eigenvalue weighted by molar-refractivity contribution is 6.01. The summed E-state index contributed by atoms with van der Waals surface area (Å²) in [6.07, 6.45) is 0.811. The van der Waals surface area contributed by atoms with Crippen LogP contribution in [0.5, 0.6) is 0 Å². The fourth-order valence-corrected chi connectivity index (χ4v) is 1.65. The first-order valence-corrected chi connectivity index (χ1v) is 5.39. The second-order valence-corrected chi connectivity index (χ2v) is 4.12. The van der Waals surface area contributed by atoms with E-state index >= 15 is 0 Å². The van der Waals surface area contributed by atoms with Crippen LogP contribution in [0.3, 0.4) is 0 Å². The number of allylic oxidation sites excluding steroid dienone is 1. The summed E-state index contributed by atoms with van der Waals surface area (Å²) in [6, 6.07) is 8.48. The molecular weight excluding hydrogens is 196 g/mol. The molecule has 0 spiro atoms. The van der Waals surface area contributed by atoms with Crippen LogP contribution in [-0.2, 0) is 6.42 Å². The third-order valence-corrected chi connectivity index (χ3v) is 2.64. The van der Waals surface area contributed by atoms with Crippen LogP contribution in [0.2, 0.25) is 0 Å². The molecule has 0 bridgehead atoms. The number of rotatable bonds is 2. The lowest BCUT2D eigenvalue weighted by Gasteiger charge is -2.18. The maximum absolute atomic E-state index is 4.44. The molecule has 0 aromatic heterocycles. The zero-order valence-electron chi connectivity index (χ0n) is 9.59. The van der Waals surface area contributed by atoms with E-state index in [0.717, 1.165) is 23.5 Å². The molecule has 1 aliphatic heterocycles. The Bertz CT molecular complexity index is 452. The molecule has 2 nitrogen and oxygen atoms in total. The number of benzene rings is 1. The minimum Gasteiger partial charge on any atom is -0.378 e. The first-order valence-electron chi connectivity index (χ1n) is 5.39. The predicted molar refractivity (Wildman–Crippen MR) is 68.6 cm³/mol. The van der Waals surface area contributed by atoms with E-state index < -0.39 is 0 Å². The van der Waals surface area contributed by atoms with E-state index in [1.165, 1.54) is 11.1 Å². The van der Waals surface area contributed by atoms with Gasteiger partial charge in [-0.2, -0.15) is 0 Å². The first kappa shape index (κ1) is 10.7. The summed E-state index contributed by atoms with van der Waals surface area (Å²) in [7, 11) is 0. The number of nitrogens with one attached hydrogen (secondary N) is 1. The number of aryl methyl sites for hydroxylation is 1. The third-order valence-electron chi connectivity index (χ3n) is 2.64. The SMILES string of the molecule is C=C1CNC(=C)C(Cc2ccc(C)cc2)=N1. The van der Waals surface area contributed by atoms with Gasteiger partial charge >= 0.3 is 0 Å². The summed E-state index contributed by atoms with van der Waals surface area (Å²) >= 11 is 0. The maximum atomic E-state index is 4.44. The van der Waals surface area contributed by atoms with Crippen molar-refractivity contribution in [1.29, 1.82) is 0 Å². The number of hydrogen-bond acceptors (Lipinski definition) is 2. The van der Waals surface area contributed by atoms with Gasteiger partial charge in [-0.1, -0.05) is 43.0 Å². The molecule has 0 saturated carbocycles. The van der Waals surface area contributed by atoms with Crippen LogP contribution < -0.4 is 5.32 Å². The van der Waals surface area contributed by atoms with Crippen molar-refractivity contribution in [2.45, 2.75) is 13.3 Å². The van der Waals surface area contributed by atoms with E-state index in [2.05, 4.69) is 54.7 Å². The lowest BCUT2D eigenvalue weighted by Crippen LogP contribution is -2.27. The van der Waals surface area contributed by atoms with E-state index in [0.29, 0.717) is 6.54 Å². The molecule has 0 aliphatic carbocycles. The Morgan fingerprint density at radius 1 is 1.25 bits per heavy atom. The summed E-state index contributed by atoms with van der Waals surface area (Å²) in [6.45, 7) is 10.6. The Morgan fingerprint density at radius 2 is 1.94 bits per heavy atom. The zero-order valence-corrected chi connectivity index (χ0v) is 9.59. The molecule has 2 rings (SSSR count). The minimum atomic E-state index is 0.705. The lowest BCUT2D eigenvalue weighted by atomic mass is 10.0. The largest absolute Gasteiger partial charge is 0.378 e. The van der Waals surface area contributed by atoms with Crippen LogP contribution in [0.1, 0.15) is 11.1 Å². The lowest BCUT2D eigenvalue weighted by molar-refractivity contribution is 0.868. The van der Waals surface area contributed by atoms with Crippen LogP contribution in [0.15, 0.2) is 53.8 Å². The van der Waals surface area contributed by atoms with Gasteiger partial charge < -0.3 is 5.32 Å². The molecular formula is C14H16N2. The van der Waals surface area contributed by atoms with Crippen molar-refractivity contribution in [2.24, 2.45) is 4.99 Å². The van der Waals surface area contributed by atoms with Crippen molar-refractivity contribution in [3.8, 4) is 0 Å². The quantitative estimate of drug-likeness (QED) is 0.800. The smallest absolute Gasteiger partial charge is 0.0676 e. The van der Waals surface area contributed by atoms with Crippen molar-refractivity contribution < 1.29 is 0 Å². The molecule has 1 heterocycles. The summed E-state index contributed by atoms with van der Waals surface area (Å²) < 4.78 is 0. The van der Waals surface area contributed by atoms with Crippen LogP contribution in [0.4, 0.5) is 0 Å². The Morgan fingerprint density at radius 3 is 2.62 bits per heavy atom.